The van der Waals surface area contributed by atoms with Gasteiger partial charge in [0, 0.05) is 18.7 Å². The number of ether oxygens (including phenoxy) is 1. The second-order valence-electron chi connectivity index (χ2n) is 7.22. The first-order valence-electron chi connectivity index (χ1n) is 7.31. The third-order valence-corrected chi connectivity index (χ3v) is 3.79. The van der Waals surface area contributed by atoms with Gasteiger partial charge in [-0.25, -0.2) is 4.79 Å². The number of non-ortho nitro benzene ring substituents is 1. The maximum absolute atomic E-state index is 12.4. The molecule has 1 aromatic rings. The highest BCUT2D eigenvalue weighted by atomic mass is 16.6. The predicted octanol–water partition coefficient (Wildman–Crippen LogP) is 4.02. The molecule has 1 heterocycles. The van der Waals surface area contributed by atoms with E-state index >= 15 is 0 Å². The van der Waals surface area contributed by atoms with Crippen molar-refractivity contribution in [3.63, 3.8) is 0 Å². The standard InChI is InChI=1S/C16H22N2O4/c1-15(2,3)22-14(19)17-9-8-16(4,5)12-7-6-11(18(20)21)10-13(12)17/h6-7,10H,8-9H2,1-5H3. The number of nitro groups is 1. The summed E-state index contributed by atoms with van der Waals surface area (Å²) in [4.78, 5) is 24.5. The normalized spacial score (nSPS) is 16.9. The van der Waals surface area contributed by atoms with Crippen molar-refractivity contribution in [2.24, 2.45) is 0 Å². The van der Waals surface area contributed by atoms with E-state index < -0.39 is 16.6 Å². The van der Waals surface area contributed by atoms with Gasteiger partial charge in [0.1, 0.15) is 5.60 Å². The Hall–Kier alpha value is -2.11. The molecule has 0 unspecified atom stereocenters. The second-order valence-corrected chi connectivity index (χ2v) is 7.22. The van der Waals surface area contributed by atoms with Crippen LogP contribution in [0.25, 0.3) is 0 Å². The van der Waals surface area contributed by atoms with E-state index in [-0.39, 0.29) is 11.1 Å². The number of rotatable bonds is 1. The van der Waals surface area contributed by atoms with Crippen molar-refractivity contribution in [2.75, 3.05) is 11.4 Å². The molecule has 0 spiro atoms. The SMILES string of the molecule is CC(C)(C)OC(=O)N1CCC(C)(C)c2ccc([N+](=O)[O-])cc21. The highest BCUT2D eigenvalue weighted by Gasteiger charge is 2.36. The van der Waals surface area contributed by atoms with E-state index in [9.17, 15) is 14.9 Å². The first-order valence-corrected chi connectivity index (χ1v) is 7.31. The van der Waals surface area contributed by atoms with E-state index in [1.807, 2.05) is 0 Å². The molecular formula is C16H22N2O4. The number of carbonyl (C=O) groups is 1. The van der Waals surface area contributed by atoms with E-state index in [0.29, 0.717) is 12.2 Å². The molecule has 6 nitrogen and oxygen atoms in total. The van der Waals surface area contributed by atoms with Gasteiger partial charge in [-0.15, -0.1) is 0 Å². The van der Waals surface area contributed by atoms with Gasteiger partial charge in [-0.05, 0) is 44.2 Å². The van der Waals surface area contributed by atoms with Crippen LogP contribution in [0.3, 0.4) is 0 Å². The van der Waals surface area contributed by atoms with E-state index in [4.69, 9.17) is 4.74 Å². The largest absolute Gasteiger partial charge is 0.443 e. The summed E-state index contributed by atoms with van der Waals surface area (Å²) in [7, 11) is 0. The van der Waals surface area contributed by atoms with Crippen LogP contribution in [-0.2, 0) is 10.2 Å². The van der Waals surface area contributed by atoms with E-state index in [1.165, 1.54) is 17.0 Å². The smallest absolute Gasteiger partial charge is 0.414 e. The molecule has 0 atom stereocenters. The fourth-order valence-electron chi connectivity index (χ4n) is 2.58. The van der Waals surface area contributed by atoms with E-state index in [0.717, 1.165) is 12.0 Å². The second kappa shape index (κ2) is 5.26. The first kappa shape index (κ1) is 16.3. The van der Waals surface area contributed by atoms with Gasteiger partial charge in [-0.3, -0.25) is 15.0 Å². The third kappa shape index (κ3) is 3.21. The Bertz CT molecular complexity index is 617. The monoisotopic (exact) mass is 306 g/mol. The molecular weight excluding hydrogens is 284 g/mol. The lowest BCUT2D eigenvalue weighted by Gasteiger charge is -2.39. The Balaban J connectivity index is 2.46. The number of anilines is 1. The predicted molar refractivity (Wildman–Crippen MR) is 84.3 cm³/mol. The zero-order chi connectivity index (χ0) is 16.7. The minimum atomic E-state index is -0.606. The summed E-state index contributed by atoms with van der Waals surface area (Å²) >= 11 is 0. The quantitative estimate of drug-likeness (QED) is 0.580. The summed E-state index contributed by atoms with van der Waals surface area (Å²) in [5.74, 6) is 0. The summed E-state index contributed by atoms with van der Waals surface area (Å²) < 4.78 is 5.42. The van der Waals surface area contributed by atoms with Crippen molar-refractivity contribution >= 4 is 17.5 Å². The molecule has 1 aliphatic heterocycles. The summed E-state index contributed by atoms with van der Waals surface area (Å²) in [5.41, 5.74) is 0.730. The molecule has 2 rings (SSSR count). The molecule has 6 heteroatoms. The number of nitro benzene ring substituents is 1. The molecule has 0 radical (unpaired) electrons. The number of nitrogens with zero attached hydrogens (tertiary/aromatic N) is 2. The van der Waals surface area contributed by atoms with Gasteiger partial charge in [0.2, 0.25) is 0 Å². The van der Waals surface area contributed by atoms with E-state index in [1.54, 1.807) is 26.8 Å². The zero-order valence-corrected chi connectivity index (χ0v) is 13.7. The Morgan fingerprint density at radius 3 is 2.55 bits per heavy atom. The van der Waals surface area contributed by atoms with Crippen LogP contribution in [0.1, 0.15) is 46.6 Å². The maximum Gasteiger partial charge on any atom is 0.414 e. The fourth-order valence-corrected chi connectivity index (χ4v) is 2.58. The lowest BCUT2D eigenvalue weighted by atomic mass is 9.77. The van der Waals surface area contributed by atoms with Crippen LogP contribution in [0.5, 0.6) is 0 Å². The minimum Gasteiger partial charge on any atom is -0.443 e. The Morgan fingerprint density at radius 2 is 2.00 bits per heavy atom. The maximum atomic E-state index is 12.4. The molecule has 0 aromatic heterocycles. The number of hydrogen-bond donors (Lipinski definition) is 0. The molecule has 0 fully saturated rings. The summed E-state index contributed by atoms with van der Waals surface area (Å²) in [6.45, 7) is 10.0. The van der Waals surface area contributed by atoms with Crippen LogP contribution in [0.15, 0.2) is 18.2 Å². The Morgan fingerprint density at radius 1 is 1.36 bits per heavy atom. The molecule has 0 N–H and O–H groups in total. The van der Waals surface area contributed by atoms with Crippen LogP contribution >= 0.6 is 0 Å². The number of carbonyl (C=O) groups excluding carboxylic acids is 1. The number of hydrogen-bond acceptors (Lipinski definition) is 4. The summed E-state index contributed by atoms with van der Waals surface area (Å²) in [6.07, 6.45) is 0.307. The lowest BCUT2D eigenvalue weighted by molar-refractivity contribution is -0.384. The van der Waals surface area contributed by atoms with Gasteiger partial charge >= 0.3 is 6.09 Å². The van der Waals surface area contributed by atoms with Crippen molar-refractivity contribution < 1.29 is 14.5 Å². The van der Waals surface area contributed by atoms with Crippen LogP contribution in [0.4, 0.5) is 16.2 Å². The molecule has 120 valence electrons. The average Bonchev–Trinajstić information content (AvgIpc) is 2.35. The molecule has 0 saturated carbocycles. The van der Waals surface area contributed by atoms with E-state index in [2.05, 4.69) is 13.8 Å². The molecule has 22 heavy (non-hydrogen) atoms. The highest BCUT2D eigenvalue weighted by Crippen LogP contribution is 2.41. The third-order valence-electron chi connectivity index (χ3n) is 3.79. The van der Waals surface area contributed by atoms with Crippen molar-refractivity contribution in [3.8, 4) is 0 Å². The van der Waals surface area contributed by atoms with Gasteiger partial charge < -0.3 is 4.74 Å². The van der Waals surface area contributed by atoms with Gasteiger partial charge in [-0.2, -0.15) is 0 Å². The number of fused-ring (bicyclic) bond motifs is 1. The van der Waals surface area contributed by atoms with Crippen molar-refractivity contribution in [3.05, 3.63) is 33.9 Å². The van der Waals surface area contributed by atoms with Gasteiger partial charge in [-0.1, -0.05) is 13.8 Å². The molecule has 1 amide bonds. The molecule has 0 bridgehead atoms. The van der Waals surface area contributed by atoms with Crippen LogP contribution in [0, 0.1) is 10.1 Å². The van der Waals surface area contributed by atoms with Crippen molar-refractivity contribution in [2.45, 2.75) is 52.1 Å². The Labute approximate surface area is 130 Å². The molecule has 0 aliphatic carbocycles. The zero-order valence-electron chi connectivity index (χ0n) is 13.7. The Kier molecular flexibility index (Phi) is 3.89. The summed E-state index contributed by atoms with van der Waals surface area (Å²) in [5, 5.41) is 11.0. The summed E-state index contributed by atoms with van der Waals surface area (Å²) in [6, 6.07) is 4.68. The van der Waals surface area contributed by atoms with Crippen LogP contribution in [0.2, 0.25) is 0 Å². The topological polar surface area (TPSA) is 72.7 Å². The fraction of sp³-hybridized carbons (Fsp3) is 0.562. The lowest BCUT2D eigenvalue weighted by Crippen LogP contribution is -2.43. The number of benzene rings is 1. The first-order chi connectivity index (χ1) is 10.0. The van der Waals surface area contributed by atoms with Gasteiger partial charge in [0.15, 0.2) is 0 Å². The van der Waals surface area contributed by atoms with Crippen LogP contribution in [-0.4, -0.2) is 23.2 Å². The van der Waals surface area contributed by atoms with Crippen molar-refractivity contribution in [1.29, 1.82) is 0 Å². The van der Waals surface area contributed by atoms with Gasteiger partial charge in [0.25, 0.3) is 5.69 Å². The van der Waals surface area contributed by atoms with Crippen molar-refractivity contribution in [1.82, 2.24) is 0 Å². The van der Waals surface area contributed by atoms with Gasteiger partial charge in [0.05, 0.1) is 10.6 Å². The highest BCUT2D eigenvalue weighted by molar-refractivity contribution is 5.90. The number of amides is 1. The molecule has 1 aromatic carbocycles. The van der Waals surface area contributed by atoms with Crippen LogP contribution < -0.4 is 4.90 Å². The molecule has 1 aliphatic rings. The minimum absolute atomic E-state index is 0.0231. The average molecular weight is 306 g/mol. The molecule has 0 saturated heterocycles.